The van der Waals surface area contributed by atoms with Gasteiger partial charge in [0.1, 0.15) is 5.75 Å². The monoisotopic (exact) mass is 413 g/mol. The predicted octanol–water partition coefficient (Wildman–Crippen LogP) is 2.38. The van der Waals surface area contributed by atoms with Crippen molar-refractivity contribution in [3.8, 4) is 5.75 Å². The molecule has 0 aliphatic rings. The maximum atomic E-state index is 12.6. The fourth-order valence-corrected chi connectivity index (χ4v) is 3.21. The Labute approximate surface area is 165 Å². The third-order valence-corrected chi connectivity index (χ3v) is 5.09. The van der Waals surface area contributed by atoms with E-state index in [0.717, 1.165) is 0 Å². The van der Waals surface area contributed by atoms with Crippen LogP contribution in [0.1, 0.15) is 24.2 Å². The lowest BCUT2D eigenvalue weighted by molar-refractivity contribution is 0.0915. The summed E-state index contributed by atoms with van der Waals surface area (Å²) in [5, 5.41) is 2.77. The molecule has 27 heavy (non-hydrogen) atoms. The fourth-order valence-electron chi connectivity index (χ4n) is 2.11. The molecule has 0 heterocycles. The lowest BCUT2D eigenvalue weighted by atomic mass is 10.1. The first kappa shape index (κ1) is 22.8. The number of sulfonamides is 1. The van der Waals surface area contributed by atoms with Crippen LogP contribution in [0.25, 0.3) is 0 Å². The second-order valence-corrected chi connectivity index (χ2v) is 8.09. The van der Waals surface area contributed by atoms with Crippen LogP contribution in [0.3, 0.4) is 0 Å². The molecular weight excluding hydrogens is 390 g/mol. The number of methoxy groups -OCH3 is 1. The van der Waals surface area contributed by atoms with Gasteiger partial charge in [-0.3, -0.25) is 9.52 Å². The summed E-state index contributed by atoms with van der Waals surface area (Å²) in [6, 6.07) is 12.3. The summed E-state index contributed by atoms with van der Waals surface area (Å²) >= 11 is 0. The van der Waals surface area contributed by atoms with E-state index < -0.39 is 15.6 Å². The minimum Gasteiger partial charge on any atom is -0.497 e. The molecule has 0 fully saturated rings. The Morgan fingerprint density at radius 1 is 1.15 bits per heavy atom. The van der Waals surface area contributed by atoms with Crippen molar-refractivity contribution in [3.63, 3.8) is 0 Å². The van der Waals surface area contributed by atoms with Gasteiger partial charge in [0, 0.05) is 23.3 Å². The van der Waals surface area contributed by atoms with Crippen LogP contribution in [0.5, 0.6) is 5.75 Å². The normalized spacial score (nSPS) is 11.3. The van der Waals surface area contributed by atoms with E-state index in [0.29, 0.717) is 11.4 Å². The van der Waals surface area contributed by atoms with E-state index in [1.165, 1.54) is 25.3 Å². The number of hydrogen-bond acceptors (Lipinski definition) is 5. The number of carbonyl (C=O) groups excluding carboxylic acids is 1. The van der Waals surface area contributed by atoms with E-state index in [-0.39, 0.29) is 35.3 Å². The van der Waals surface area contributed by atoms with Crippen molar-refractivity contribution < 1.29 is 17.9 Å². The summed E-state index contributed by atoms with van der Waals surface area (Å²) < 4.78 is 32.7. The van der Waals surface area contributed by atoms with Crippen LogP contribution in [-0.2, 0) is 10.0 Å². The third-order valence-electron chi connectivity index (χ3n) is 3.71. The van der Waals surface area contributed by atoms with Crippen LogP contribution in [0.4, 0.5) is 5.69 Å². The van der Waals surface area contributed by atoms with Gasteiger partial charge in [-0.15, -0.1) is 12.4 Å². The zero-order chi connectivity index (χ0) is 19.4. The highest BCUT2D eigenvalue weighted by Gasteiger charge is 2.21. The van der Waals surface area contributed by atoms with Crippen LogP contribution in [0.15, 0.2) is 53.4 Å². The van der Waals surface area contributed by atoms with Gasteiger partial charge in [-0.1, -0.05) is 6.07 Å². The molecule has 0 spiro atoms. The highest BCUT2D eigenvalue weighted by Crippen LogP contribution is 2.20. The Balaban J connectivity index is 0.00000364. The van der Waals surface area contributed by atoms with E-state index in [4.69, 9.17) is 10.5 Å². The highest BCUT2D eigenvalue weighted by molar-refractivity contribution is 7.92. The van der Waals surface area contributed by atoms with E-state index in [2.05, 4.69) is 10.0 Å². The van der Waals surface area contributed by atoms with Crippen molar-refractivity contribution in [2.75, 3.05) is 18.4 Å². The number of benzene rings is 2. The topological polar surface area (TPSA) is 111 Å². The van der Waals surface area contributed by atoms with Gasteiger partial charge >= 0.3 is 0 Å². The zero-order valence-corrected chi connectivity index (χ0v) is 17.0. The molecule has 0 saturated carbocycles. The minimum absolute atomic E-state index is 0. The Bertz CT molecular complexity index is 884. The number of hydrogen-bond donors (Lipinski definition) is 3. The van der Waals surface area contributed by atoms with Crippen molar-refractivity contribution in [3.05, 3.63) is 54.1 Å². The summed E-state index contributed by atoms with van der Waals surface area (Å²) in [4.78, 5) is 12.3. The Morgan fingerprint density at radius 3 is 2.33 bits per heavy atom. The van der Waals surface area contributed by atoms with Crippen LogP contribution in [0, 0.1) is 0 Å². The average molecular weight is 414 g/mol. The van der Waals surface area contributed by atoms with Gasteiger partial charge in [-0.25, -0.2) is 8.42 Å². The first-order chi connectivity index (χ1) is 12.2. The number of carbonyl (C=O) groups is 1. The molecule has 2 aromatic rings. The zero-order valence-electron chi connectivity index (χ0n) is 15.4. The summed E-state index contributed by atoms with van der Waals surface area (Å²) in [5.41, 5.74) is 5.65. The maximum absolute atomic E-state index is 12.6. The average Bonchev–Trinajstić information content (AvgIpc) is 2.62. The minimum atomic E-state index is -3.83. The van der Waals surface area contributed by atoms with Gasteiger partial charge < -0.3 is 15.8 Å². The van der Waals surface area contributed by atoms with Crippen molar-refractivity contribution in [1.82, 2.24) is 5.32 Å². The molecule has 0 unspecified atom stereocenters. The number of amides is 1. The SMILES string of the molecule is COc1ccc(NS(=O)(=O)c2cccc(C(=O)NC(C)(C)CN)c2)cc1.Cl. The quantitative estimate of drug-likeness (QED) is 0.645. The molecule has 0 aliphatic heterocycles. The predicted molar refractivity (Wildman–Crippen MR) is 108 cm³/mol. The molecule has 1 amide bonds. The molecule has 0 bridgehead atoms. The van der Waals surface area contributed by atoms with Crippen LogP contribution in [0.2, 0.25) is 0 Å². The summed E-state index contributed by atoms with van der Waals surface area (Å²) in [6.07, 6.45) is 0. The van der Waals surface area contributed by atoms with Gasteiger partial charge in [0.05, 0.1) is 12.0 Å². The summed E-state index contributed by atoms with van der Waals surface area (Å²) in [7, 11) is -2.30. The van der Waals surface area contributed by atoms with Gasteiger partial charge in [-0.05, 0) is 56.3 Å². The molecule has 0 aliphatic carbocycles. The van der Waals surface area contributed by atoms with Crippen LogP contribution < -0.4 is 20.5 Å². The number of ether oxygens (including phenoxy) is 1. The molecule has 2 aromatic carbocycles. The third kappa shape index (κ3) is 6.13. The summed E-state index contributed by atoms with van der Waals surface area (Å²) in [6.45, 7) is 3.84. The van der Waals surface area contributed by atoms with Crippen LogP contribution in [-0.4, -0.2) is 33.5 Å². The lowest BCUT2D eigenvalue weighted by Gasteiger charge is -2.24. The van der Waals surface area contributed by atoms with E-state index in [1.807, 2.05) is 0 Å². The van der Waals surface area contributed by atoms with E-state index >= 15 is 0 Å². The fraction of sp³-hybridized carbons (Fsp3) is 0.278. The van der Waals surface area contributed by atoms with Crippen molar-refractivity contribution >= 4 is 34.0 Å². The largest absolute Gasteiger partial charge is 0.497 e. The van der Waals surface area contributed by atoms with Crippen molar-refractivity contribution in [1.29, 1.82) is 0 Å². The molecule has 0 saturated heterocycles. The second kappa shape index (κ2) is 9.07. The maximum Gasteiger partial charge on any atom is 0.261 e. The highest BCUT2D eigenvalue weighted by atomic mass is 35.5. The first-order valence-electron chi connectivity index (χ1n) is 7.96. The number of nitrogens with one attached hydrogen (secondary N) is 2. The lowest BCUT2D eigenvalue weighted by Crippen LogP contribution is -2.48. The van der Waals surface area contributed by atoms with Gasteiger partial charge in [-0.2, -0.15) is 0 Å². The van der Waals surface area contributed by atoms with Gasteiger partial charge in [0.25, 0.3) is 15.9 Å². The van der Waals surface area contributed by atoms with E-state index in [9.17, 15) is 13.2 Å². The van der Waals surface area contributed by atoms with Gasteiger partial charge in [0.2, 0.25) is 0 Å². The second-order valence-electron chi connectivity index (χ2n) is 6.40. The molecular formula is C18H24ClN3O4S. The van der Waals surface area contributed by atoms with Crippen molar-refractivity contribution in [2.24, 2.45) is 5.73 Å². The van der Waals surface area contributed by atoms with Crippen LogP contribution >= 0.6 is 12.4 Å². The number of rotatable bonds is 7. The standard InChI is InChI=1S/C18H23N3O4S.ClH/c1-18(2,12-19)20-17(22)13-5-4-6-16(11-13)26(23,24)21-14-7-9-15(25-3)10-8-14;/h4-11,21H,12,19H2,1-3H3,(H,20,22);1H. The molecule has 0 atom stereocenters. The smallest absolute Gasteiger partial charge is 0.261 e. The molecule has 0 radical (unpaired) electrons. The molecule has 9 heteroatoms. The Kier molecular flexibility index (Phi) is 7.65. The molecule has 2 rings (SSSR count). The first-order valence-corrected chi connectivity index (χ1v) is 9.45. The number of anilines is 1. The Morgan fingerprint density at radius 2 is 1.78 bits per heavy atom. The Hall–Kier alpha value is -2.29. The molecule has 0 aromatic heterocycles. The molecule has 148 valence electrons. The van der Waals surface area contributed by atoms with Crippen molar-refractivity contribution in [2.45, 2.75) is 24.3 Å². The number of halogens is 1. The molecule has 7 nitrogen and oxygen atoms in total. The number of nitrogens with two attached hydrogens (primary N) is 1. The molecule has 4 N–H and O–H groups in total. The summed E-state index contributed by atoms with van der Waals surface area (Å²) in [5.74, 6) is 0.232. The van der Waals surface area contributed by atoms with Gasteiger partial charge in [0.15, 0.2) is 0 Å². The van der Waals surface area contributed by atoms with E-state index in [1.54, 1.807) is 44.2 Å².